The molecule has 0 aromatic carbocycles. The smallest absolute Gasteiger partial charge is 0.228 e. The fraction of sp³-hybridized carbons (Fsp3) is 0.444. The standard InChI is InChI=1S/C9H10N6S/c16-9-11-5-6-7(14-9)13-8(12-6)15-3-1-10-2-4-15/h5,10H,1-4H2. The van der Waals surface area contributed by atoms with Crippen molar-refractivity contribution in [3.8, 4) is 0 Å². The van der Waals surface area contributed by atoms with Crippen LogP contribution in [0.15, 0.2) is 20.0 Å². The molecule has 3 aliphatic heterocycles. The van der Waals surface area contributed by atoms with Crippen molar-refractivity contribution in [1.82, 2.24) is 10.2 Å². The van der Waals surface area contributed by atoms with Crippen LogP contribution in [0, 0.1) is 0 Å². The van der Waals surface area contributed by atoms with Gasteiger partial charge in [0.25, 0.3) is 0 Å². The number of nitrogens with zero attached hydrogens (tertiary/aromatic N) is 5. The molecular formula is C9H10N6S. The normalized spacial score (nSPS) is 23.9. The lowest BCUT2D eigenvalue weighted by Gasteiger charge is -2.26. The zero-order chi connectivity index (χ0) is 11.0. The lowest BCUT2D eigenvalue weighted by atomic mass is 10.3. The van der Waals surface area contributed by atoms with E-state index in [1.54, 1.807) is 6.21 Å². The van der Waals surface area contributed by atoms with Crippen LogP contribution < -0.4 is 5.32 Å². The quantitative estimate of drug-likeness (QED) is 0.573. The van der Waals surface area contributed by atoms with Crippen molar-refractivity contribution in [3.63, 3.8) is 0 Å². The first-order valence-electron chi connectivity index (χ1n) is 5.13. The summed E-state index contributed by atoms with van der Waals surface area (Å²) in [7, 11) is 0. The van der Waals surface area contributed by atoms with E-state index in [2.05, 4.69) is 30.2 Å². The molecular weight excluding hydrogens is 224 g/mol. The highest BCUT2D eigenvalue weighted by atomic mass is 32.1. The number of thiocarbonyl (C=S) groups is 1. The first-order valence-corrected chi connectivity index (χ1v) is 5.54. The number of rotatable bonds is 0. The van der Waals surface area contributed by atoms with Gasteiger partial charge in [0, 0.05) is 26.2 Å². The highest BCUT2D eigenvalue weighted by Gasteiger charge is 2.24. The predicted molar refractivity (Wildman–Crippen MR) is 67.8 cm³/mol. The SMILES string of the molecule is S=C1N=CC2=NC(N3CCNCC3)=NC2=N1. The van der Waals surface area contributed by atoms with E-state index in [1.165, 1.54) is 0 Å². The van der Waals surface area contributed by atoms with Crippen molar-refractivity contribution >= 4 is 41.1 Å². The molecule has 0 atom stereocenters. The molecule has 3 aliphatic rings. The third-order valence-corrected chi connectivity index (χ3v) is 2.75. The van der Waals surface area contributed by atoms with E-state index in [0.717, 1.165) is 32.1 Å². The summed E-state index contributed by atoms with van der Waals surface area (Å²) in [5, 5.41) is 3.60. The minimum Gasteiger partial charge on any atom is -0.338 e. The molecule has 0 bridgehead atoms. The fourth-order valence-electron chi connectivity index (χ4n) is 1.75. The summed E-state index contributed by atoms with van der Waals surface area (Å²) in [6, 6.07) is 0. The largest absolute Gasteiger partial charge is 0.338 e. The van der Waals surface area contributed by atoms with Crippen molar-refractivity contribution in [2.75, 3.05) is 26.2 Å². The van der Waals surface area contributed by atoms with E-state index >= 15 is 0 Å². The number of amidine groups is 1. The third-order valence-electron chi connectivity index (χ3n) is 2.55. The van der Waals surface area contributed by atoms with Gasteiger partial charge in [0.15, 0.2) is 5.84 Å². The molecule has 0 amide bonds. The maximum absolute atomic E-state index is 4.89. The van der Waals surface area contributed by atoms with Crippen LogP contribution in [0.4, 0.5) is 0 Å². The number of hydrogen-bond donors (Lipinski definition) is 1. The number of piperazine rings is 1. The van der Waals surface area contributed by atoms with Gasteiger partial charge in [-0.05, 0) is 12.2 Å². The molecule has 0 saturated carbocycles. The summed E-state index contributed by atoms with van der Waals surface area (Å²) < 4.78 is 0. The summed E-state index contributed by atoms with van der Waals surface area (Å²) in [6.07, 6.45) is 1.63. The fourth-order valence-corrected chi connectivity index (χ4v) is 1.88. The molecule has 0 radical (unpaired) electrons. The van der Waals surface area contributed by atoms with Gasteiger partial charge < -0.3 is 10.2 Å². The molecule has 1 N–H and O–H groups in total. The molecule has 6 nitrogen and oxygen atoms in total. The molecule has 0 spiro atoms. The summed E-state index contributed by atoms with van der Waals surface area (Å²) in [5.41, 5.74) is 0.710. The van der Waals surface area contributed by atoms with Crippen molar-refractivity contribution in [2.45, 2.75) is 0 Å². The van der Waals surface area contributed by atoms with Crippen LogP contribution in [0.5, 0.6) is 0 Å². The Kier molecular flexibility index (Phi) is 2.33. The molecule has 1 fully saturated rings. The average Bonchev–Trinajstić information content (AvgIpc) is 2.73. The van der Waals surface area contributed by atoms with E-state index < -0.39 is 0 Å². The molecule has 3 heterocycles. The predicted octanol–water partition coefficient (Wildman–Crippen LogP) is -0.530. The monoisotopic (exact) mass is 234 g/mol. The zero-order valence-corrected chi connectivity index (χ0v) is 9.37. The van der Waals surface area contributed by atoms with Crippen molar-refractivity contribution in [1.29, 1.82) is 0 Å². The maximum Gasteiger partial charge on any atom is 0.228 e. The molecule has 7 heteroatoms. The van der Waals surface area contributed by atoms with Crippen molar-refractivity contribution in [3.05, 3.63) is 0 Å². The Bertz CT molecular complexity index is 455. The van der Waals surface area contributed by atoms with Gasteiger partial charge in [0.2, 0.25) is 11.1 Å². The van der Waals surface area contributed by atoms with E-state index in [-0.39, 0.29) is 0 Å². The minimum absolute atomic E-state index is 0.319. The third kappa shape index (κ3) is 1.68. The van der Waals surface area contributed by atoms with Crippen molar-refractivity contribution < 1.29 is 0 Å². The summed E-state index contributed by atoms with van der Waals surface area (Å²) >= 11 is 4.89. The van der Waals surface area contributed by atoms with Gasteiger partial charge in [0.05, 0.1) is 6.21 Å². The van der Waals surface area contributed by atoms with Gasteiger partial charge in [-0.1, -0.05) is 0 Å². The number of nitrogens with one attached hydrogen (secondary N) is 1. The molecule has 1 saturated heterocycles. The van der Waals surface area contributed by atoms with Crippen LogP contribution in [0.2, 0.25) is 0 Å². The van der Waals surface area contributed by atoms with E-state index in [1.807, 2.05) is 0 Å². The first kappa shape index (κ1) is 9.73. The minimum atomic E-state index is 0.319. The Morgan fingerprint density at radius 3 is 2.81 bits per heavy atom. The van der Waals surface area contributed by atoms with Gasteiger partial charge in [-0.25, -0.2) is 9.98 Å². The molecule has 3 rings (SSSR count). The molecule has 82 valence electrons. The number of guanidine groups is 1. The Labute approximate surface area is 97.9 Å². The van der Waals surface area contributed by atoms with E-state index in [4.69, 9.17) is 12.2 Å². The summed E-state index contributed by atoms with van der Waals surface area (Å²) in [4.78, 5) is 18.9. The second kappa shape index (κ2) is 3.84. The Morgan fingerprint density at radius 1 is 1.19 bits per heavy atom. The lowest BCUT2D eigenvalue weighted by Crippen LogP contribution is -2.45. The molecule has 0 aliphatic carbocycles. The topological polar surface area (TPSA) is 64.7 Å². The van der Waals surface area contributed by atoms with Gasteiger partial charge in [-0.3, -0.25) is 0 Å². The van der Waals surface area contributed by atoms with Gasteiger partial charge in [-0.15, -0.1) is 0 Å². The summed E-state index contributed by atoms with van der Waals surface area (Å²) in [6.45, 7) is 3.76. The highest BCUT2D eigenvalue weighted by Crippen LogP contribution is 2.08. The van der Waals surface area contributed by atoms with Crippen LogP contribution >= 0.6 is 12.2 Å². The van der Waals surface area contributed by atoms with Crippen LogP contribution in [-0.4, -0.2) is 59.9 Å². The van der Waals surface area contributed by atoms with Gasteiger partial charge in [-0.2, -0.15) is 9.98 Å². The second-order valence-corrected chi connectivity index (χ2v) is 3.99. The van der Waals surface area contributed by atoms with Crippen LogP contribution in [-0.2, 0) is 0 Å². The molecule has 16 heavy (non-hydrogen) atoms. The second-order valence-electron chi connectivity index (χ2n) is 3.62. The number of aliphatic imine (C=N–C) groups is 4. The van der Waals surface area contributed by atoms with Gasteiger partial charge >= 0.3 is 0 Å². The van der Waals surface area contributed by atoms with Crippen LogP contribution in [0.3, 0.4) is 0 Å². The lowest BCUT2D eigenvalue weighted by molar-refractivity contribution is 0.355. The first-order chi connectivity index (χ1) is 7.83. The Hall–Kier alpha value is -1.47. The van der Waals surface area contributed by atoms with Crippen molar-refractivity contribution in [2.24, 2.45) is 20.0 Å². The molecule has 0 aromatic heterocycles. The number of fused-ring (bicyclic) bond motifs is 1. The Morgan fingerprint density at radius 2 is 2.00 bits per heavy atom. The maximum atomic E-state index is 4.89. The van der Waals surface area contributed by atoms with E-state index in [0.29, 0.717) is 16.7 Å². The number of hydrogen-bond acceptors (Lipinski definition) is 5. The Balaban J connectivity index is 1.86. The summed E-state index contributed by atoms with van der Waals surface area (Å²) in [5.74, 6) is 1.32. The van der Waals surface area contributed by atoms with Crippen LogP contribution in [0.25, 0.3) is 0 Å². The highest BCUT2D eigenvalue weighted by molar-refractivity contribution is 7.80. The van der Waals surface area contributed by atoms with E-state index in [9.17, 15) is 0 Å². The van der Waals surface area contributed by atoms with Gasteiger partial charge in [0.1, 0.15) is 5.71 Å². The zero-order valence-electron chi connectivity index (χ0n) is 8.55. The van der Waals surface area contributed by atoms with Crippen LogP contribution in [0.1, 0.15) is 0 Å². The average molecular weight is 234 g/mol. The molecule has 0 aromatic rings. The molecule has 0 unspecified atom stereocenters.